The van der Waals surface area contributed by atoms with Crippen molar-refractivity contribution >= 4 is 5.97 Å². The van der Waals surface area contributed by atoms with E-state index in [1.165, 1.54) is 38.2 Å². The molecule has 1 saturated carbocycles. The van der Waals surface area contributed by atoms with Crippen LogP contribution in [0.25, 0.3) is 0 Å². The second-order valence-electron chi connectivity index (χ2n) is 5.82. The van der Waals surface area contributed by atoms with Crippen molar-refractivity contribution in [1.82, 2.24) is 9.88 Å². The number of carboxylic acids is 1. The molecule has 0 aromatic carbocycles. The maximum atomic E-state index is 10.9. The van der Waals surface area contributed by atoms with E-state index >= 15 is 0 Å². The second kappa shape index (κ2) is 6.84. The monoisotopic (exact) mass is 276 g/mol. The molecule has 1 fully saturated rings. The molecule has 1 heterocycles. The van der Waals surface area contributed by atoms with Gasteiger partial charge in [-0.1, -0.05) is 19.4 Å². The van der Waals surface area contributed by atoms with Gasteiger partial charge in [-0.2, -0.15) is 0 Å². The van der Waals surface area contributed by atoms with Crippen molar-refractivity contribution in [2.24, 2.45) is 5.92 Å². The van der Waals surface area contributed by atoms with Crippen LogP contribution in [0.3, 0.4) is 0 Å². The lowest BCUT2D eigenvalue weighted by molar-refractivity contribution is 0.0689. The minimum Gasteiger partial charge on any atom is -0.477 e. The lowest BCUT2D eigenvalue weighted by Gasteiger charge is -2.34. The number of hydrogen-bond donors (Lipinski definition) is 1. The molecule has 1 aromatic rings. The van der Waals surface area contributed by atoms with E-state index in [1.807, 2.05) is 6.07 Å². The van der Waals surface area contributed by atoms with E-state index in [0.717, 1.165) is 18.2 Å². The first-order valence-electron chi connectivity index (χ1n) is 7.49. The summed E-state index contributed by atoms with van der Waals surface area (Å²) in [5.41, 5.74) is 0.968. The van der Waals surface area contributed by atoms with Crippen LogP contribution < -0.4 is 0 Å². The van der Waals surface area contributed by atoms with Crippen molar-refractivity contribution < 1.29 is 9.90 Å². The van der Waals surface area contributed by atoms with Crippen molar-refractivity contribution in [2.75, 3.05) is 7.05 Å². The Morgan fingerprint density at radius 3 is 2.65 bits per heavy atom. The lowest BCUT2D eigenvalue weighted by Crippen LogP contribution is -2.35. The molecular formula is C16H24N2O2. The summed E-state index contributed by atoms with van der Waals surface area (Å²) in [7, 11) is 2.12. The summed E-state index contributed by atoms with van der Waals surface area (Å²) in [6.45, 7) is 3.00. The fourth-order valence-corrected chi connectivity index (χ4v) is 3.07. The number of pyridine rings is 1. The highest BCUT2D eigenvalue weighted by molar-refractivity contribution is 5.85. The molecule has 2 rings (SSSR count). The molecule has 0 aliphatic heterocycles. The van der Waals surface area contributed by atoms with E-state index in [4.69, 9.17) is 5.11 Å². The molecule has 4 nitrogen and oxygen atoms in total. The van der Waals surface area contributed by atoms with Gasteiger partial charge in [0.05, 0.1) is 5.69 Å². The average molecular weight is 276 g/mol. The highest BCUT2D eigenvalue weighted by atomic mass is 16.4. The number of rotatable bonds is 5. The third-order valence-electron chi connectivity index (χ3n) is 4.45. The first kappa shape index (κ1) is 15.0. The van der Waals surface area contributed by atoms with Crippen LogP contribution in [0.5, 0.6) is 0 Å². The molecule has 1 aromatic heterocycles. The molecule has 1 N–H and O–H groups in total. The van der Waals surface area contributed by atoms with E-state index in [1.54, 1.807) is 6.07 Å². The molecule has 0 spiro atoms. The smallest absolute Gasteiger partial charge is 0.354 e. The third kappa shape index (κ3) is 3.79. The zero-order valence-electron chi connectivity index (χ0n) is 12.4. The van der Waals surface area contributed by atoms with Crippen LogP contribution in [0.15, 0.2) is 18.2 Å². The number of carbonyl (C=O) groups is 1. The highest BCUT2D eigenvalue weighted by Gasteiger charge is 2.23. The maximum Gasteiger partial charge on any atom is 0.354 e. The molecule has 1 aliphatic rings. The Balaban J connectivity index is 1.93. The summed E-state index contributed by atoms with van der Waals surface area (Å²) in [6.07, 6.45) is 6.40. The predicted octanol–water partition coefficient (Wildman–Crippen LogP) is 3.18. The van der Waals surface area contributed by atoms with Crippen molar-refractivity contribution in [3.8, 4) is 0 Å². The van der Waals surface area contributed by atoms with Gasteiger partial charge in [-0.15, -0.1) is 0 Å². The van der Waals surface area contributed by atoms with Crippen LogP contribution in [-0.4, -0.2) is 34.0 Å². The number of aromatic nitrogens is 1. The van der Waals surface area contributed by atoms with Crippen LogP contribution in [-0.2, 0) is 6.54 Å². The molecule has 110 valence electrons. The van der Waals surface area contributed by atoms with E-state index in [-0.39, 0.29) is 5.69 Å². The zero-order chi connectivity index (χ0) is 14.5. The van der Waals surface area contributed by atoms with Gasteiger partial charge in [0.1, 0.15) is 5.69 Å². The quantitative estimate of drug-likeness (QED) is 0.897. The van der Waals surface area contributed by atoms with Gasteiger partial charge in [-0.3, -0.25) is 4.90 Å². The zero-order valence-corrected chi connectivity index (χ0v) is 12.4. The van der Waals surface area contributed by atoms with E-state index < -0.39 is 5.97 Å². The topological polar surface area (TPSA) is 53.4 Å². The summed E-state index contributed by atoms with van der Waals surface area (Å²) in [5.74, 6) is -0.0638. The molecule has 0 saturated heterocycles. The first-order chi connectivity index (χ1) is 9.60. The first-order valence-corrected chi connectivity index (χ1v) is 7.49. The molecule has 0 amide bonds. The molecule has 0 unspecified atom stereocenters. The standard InChI is InChI=1S/C16H24N2O2/c1-3-12-7-9-14(10-8-12)18(2)11-13-5-4-6-15(17-13)16(19)20/h4-6,12,14H,3,7-11H2,1-2H3,(H,19,20). The SMILES string of the molecule is CCC1CCC(N(C)Cc2cccc(C(=O)O)n2)CC1. The normalized spacial score (nSPS) is 22.9. The van der Waals surface area contributed by atoms with Gasteiger partial charge in [0, 0.05) is 12.6 Å². The fourth-order valence-electron chi connectivity index (χ4n) is 3.07. The molecule has 1 aliphatic carbocycles. The van der Waals surface area contributed by atoms with Gasteiger partial charge in [0.2, 0.25) is 0 Å². The number of aromatic carboxylic acids is 1. The van der Waals surface area contributed by atoms with Gasteiger partial charge >= 0.3 is 5.97 Å². The predicted molar refractivity (Wildman–Crippen MR) is 78.7 cm³/mol. The highest BCUT2D eigenvalue weighted by Crippen LogP contribution is 2.29. The summed E-state index contributed by atoms with van der Waals surface area (Å²) in [4.78, 5) is 17.4. The Labute approximate surface area is 120 Å². The molecule has 0 bridgehead atoms. The Bertz CT molecular complexity index is 454. The largest absolute Gasteiger partial charge is 0.477 e. The van der Waals surface area contributed by atoms with Gasteiger partial charge < -0.3 is 5.11 Å². The third-order valence-corrected chi connectivity index (χ3v) is 4.45. The maximum absolute atomic E-state index is 10.9. The Morgan fingerprint density at radius 1 is 1.35 bits per heavy atom. The van der Waals surface area contributed by atoms with Crippen molar-refractivity contribution in [3.05, 3.63) is 29.6 Å². The number of hydrogen-bond acceptors (Lipinski definition) is 3. The van der Waals surface area contributed by atoms with Crippen LogP contribution in [0.2, 0.25) is 0 Å². The van der Waals surface area contributed by atoms with Crippen LogP contribution in [0, 0.1) is 5.92 Å². The molecule has 0 atom stereocenters. The molecular weight excluding hydrogens is 252 g/mol. The molecule has 4 heteroatoms. The van der Waals surface area contributed by atoms with Crippen LogP contribution >= 0.6 is 0 Å². The van der Waals surface area contributed by atoms with E-state index in [9.17, 15) is 4.79 Å². The summed E-state index contributed by atoms with van der Waals surface area (Å²) >= 11 is 0. The van der Waals surface area contributed by atoms with Gasteiger partial charge in [0.15, 0.2) is 0 Å². The van der Waals surface area contributed by atoms with Crippen molar-refractivity contribution in [1.29, 1.82) is 0 Å². The average Bonchev–Trinajstić information content (AvgIpc) is 2.47. The Hall–Kier alpha value is -1.42. The van der Waals surface area contributed by atoms with Gasteiger partial charge in [-0.25, -0.2) is 9.78 Å². The Kier molecular flexibility index (Phi) is 5.12. The number of carboxylic acid groups (broad SMARTS) is 1. The minimum absolute atomic E-state index is 0.130. The van der Waals surface area contributed by atoms with Crippen LogP contribution in [0.1, 0.15) is 55.2 Å². The second-order valence-corrected chi connectivity index (χ2v) is 5.82. The van der Waals surface area contributed by atoms with Crippen LogP contribution in [0.4, 0.5) is 0 Å². The lowest BCUT2D eigenvalue weighted by atomic mass is 9.84. The molecule has 20 heavy (non-hydrogen) atoms. The van der Waals surface area contributed by atoms with Crippen molar-refractivity contribution in [3.63, 3.8) is 0 Å². The van der Waals surface area contributed by atoms with Gasteiger partial charge in [-0.05, 0) is 50.8 Å². The van der Waals surface area contributed by atoms with Crippen molar-refractivity contribution in [2.45, 2.75) is 51.6 Å². The number of nitrogens with zero attached hydrogens (tertiary/aromatic N) is 2. The summed E-state index contributed by atoms with van der Waals surface area (Å²) in [6, 6.07) is 5.82. The molecule has 0 radical (unpaired) electrons. The Morgan fingerprint density at radius 2 is 2.05 bits per heavy atom. The summed E-state index contributed by atoms with van der Waals surface area (Å²) in [5, 5.41) is 8.97. The van der Waals surface area contributed by atoms with Gasteiger partial charge in [0.25, 0.3) is 0 Å². The summed E-state index contributed by atoms with van der Waals surface area (Å²) < 4.78 is 0. The fraction of sp³-hybridized carbons (Fsp3) is 0.625. The van der Waals surface area contributed by atoms with E-state index in [2.05, 4.69) is 23.9 Å². The van der Waals surface area contributed by atoms with E-state index in [0.29, 0.717) is 6.04 Å². The minimum atomic E-state index is -0.960.